The number of benzene rings is 3. The second-order valence-electron chi connectivity index (χ2n) is 8.13. The Labute approximate surface area is 187 Å². The maximum Gasteiger partial charge on any atom is 0.254 e. The molecule has 0 saturated heterocycles. The lowest BCUT2D eigenvalue weighted by atomic mass is 9.89. The highest BCUT2D eigenvalue weighted by molar-refractivity contribution is 6.33. The molecule has 1 aliphatic heterocycles. The van der Waals surface area contributed by atoms with Gasteiger partial charge in [-0.05, 0) is 53.4 Å². The third-order valence-corrected chi connectivity index (χ3v) is 5.93. The van der Waals surface area contributed by atoms with Crippen LogP contribution >= 0.6 is 11.6 Å². The molecule has 0 radical (unpaired) electrons. The molecule has 0 atom stereocenters. The van der Waals surface area contributed by atoms with E-state index in [0.717, 1.165) is 28.8 Å². The maximum absolute atomic E-state index is 13.0. The summed E-state index contributed by atoms with van der Waals surface area (Å²) in [4.78, 5) is 27.2. The van der Waals surface area contributed by atoms with Crippen molar-refractivity contribution in [3.05, 3.63) is 88.4 Å². The number of hydrogen-bond acceptors (Lipinski definition) is 2. The van der Waals surface area contributed by atoms with Crippen molar-refractivity contribution in [1.82, 2.24) is 4.90 Å². The van der Waals surface area contributed by atoms with Gasteiger partial charge in [-0.1, -0.05) is 61.8 Å². The van der Waals surface area contributed by atoms with Crippen molar-refractivity contribution in [1.29, 1.82) is 0 Å². The molecule has 0 aromatic heterocycles. The summed E-state index contributed by atoms with van der Waals surface area (Å²) >= 11 is 6.52. The fourth-order valence-corrected chi connectivity index (χ4v) is 4.15. The molecule has 158 valence electrons. The van der Waals surface area contributed by atoms with Gasteiger partial charge in [0.1, 0.15) is 0 Å². The predicted octanol–water partition coefficient (Wildman–Crippen LogP) is 5.80. The first kappa shape index (κ1) is 21.1. The summed E-state index contributed by atoms with van der Waals surface area (Å²) in [5.41, 5.74) is 5.56. The molecule has 0 unspecified atom stereocenters. The number of carbonyl (C=O) groups is 2. The van der Waals surface area contributed by atoms with Gasteiger partial charge in [0.2, 0.25) is 5.91 Å². The van der Waals surface area contributed by atoms with Gasteiger partial charge in [0.15, 0.2) is 0 Å². The Bertz CT molecular complexity index is 1130. The van der Waals surface area contributed by atoms with Gasteiger partial charge in [-0.2, -0.15) is 0 Å². The SMILES string of the molecule is CC(C)C(=O)Nc1cc2c(c(-c3ccccc3Cl)c1)CCN(C(=O)c1ccccc1)C2. The predicted molar refractivity (Wildman–Crippen MR) is 125 cm³/mol. The van der Waals surface area contributed by atoms with Gasteiger partial charge < -0.3 is 10.2 Å². The normalized spacial score (nSPS) is 13.1. The topological polar surface area (TPSA) is 49.4 Å². The second-order valence-corrected chi connectivity index (χ2v) is 8.54. The Hall–Kier alpha value is -3.11. The summed E-state index contributed by atoms with van der Waals surface area (Å²) in [6, 6.07) is 21.0. The van der Waals surface area contributed by atoms with Crippen molar-refractivity contribution in [2.75, 3.05) is 11.9 Å². The average molecular weight is 433 g/mol. The van der Waals surface area contributed by atoms with E-state index >= 15 is 0 Å². The second kappa shape index (κ2) is 8.94. The lowest BCUT2D eigenvalue weighted by Crippen LogP contribution is -2.36. The van der Waals surface area contributed by atoms with Crippen LogP contribution in [-0.4, -0.2) is 23.3 Å². The largest absolute Gasteiger partial charge is 0.334 e. The van der Waals surface area contributed by atoms with E-state index in [1.165, 1.54) is 5.56 Å². The lowest BCUT2D eigenvalue weighted by molar-refractivity contribution is -0.118. The molecule has 5 heteroatoms. The maximum atomic E-state index is 13.0. The number of hydrogen-bond donors (Lipinski definition) is 1. The van der Waals surface area contributed by atoms with Crippen LogP contribution in [0.3, 0.4) is 0 Å². The highest BCUT2D eigenvalue weighted by Crippen LogP contribution is 2.37. The highest BCUT2D eigenvalue weighted by atomic mass is 35.5. The molecular formula is C26H25ClN2O2. The summed E-state index contributed by atoms with van der Waals surface area (Å²) in [5.74, 6) is -0.156. The zero-order chi connectivity index (χ0) is 22.0. The van der Waals surface area contributed by atoms with Gasteiger partial charge in [0, 0.05) is 40.8 Å². The fraction of sp³-hybridized carbons (Fsp3) is 0.231. The van der Waals surface area contributed by atoms with Crippen LogP contribution in [0.2, 0.25) is 5.02 Å². The summed E-state index contributed by atoms with van der Waals surface area (Å²) in [5, 5.41) is 3.68. The van der Waals surface area contributed by atoms with Crippen molar-refractivity contribution in [3.8, 4) is 11.1 Å². The van der Waals surface area contributed by atoms with Gasteiger partial charge in [0.25, 0.3) is 5.91 Å². The van der Waals surface area contributed by atoms with Crippen LogP contribution in [0.4, 0.5) is 5.69 Å². The Morgan fingerprint density at radius 2 is 1.68 bits per heavy atom. The van der Waals surface area contributed by atoms with Crippen molar-refractivity contribution in [3.63, 3.8) is 0 Å². The Morgan fingerprint density at radius 1 is 0.968 bits per heavy atom. The van der Waals surface area contributed by atoms with E-state index in [4.69, 9.17) is 11.6 Å². The average Bonchev–Trinajstić information content (AvgIpc) is 2.78. The third kappa shape index (κ3) is 4.49. The number of rotatable bonds is 4. The van der Waals surface area contributed by atoms with E-state index in [9.17, 15) is 9.59 Å². The third-order valence-electron chi connectivity index (χ3n) is 5.60. The monoisotopic (exact) mass is 432 g/mol. The number of nitrogens with one attached hydrogen (secondary N) is 1. The Kier molecular flexibility index (Phi) is 6.10. The van der Waals surface area contributed by atoms with Crippen LogP contribution in [0.1, 0.15) is 35.3 Å². The Balaban J connectivity index is 1.74. The molecule has 3 aromatic rings. The van der Waals surface area contributed by atoms with E-state index in [1.807, 2.05) is 85.5 Å². The number of anilines is 1. The molecule has 0 spiro atoms. The number of carbonyl (C=O) groups excluding carboxylic acids is 2. The number of amides is 2. The summed E-state index contributed by atoms with van der Waals surface area (Å²) in [6.45, 7) is 4.85. The van der Waals surface area contributed by atoms with Crippen LogP contribution < -0.4 is 5.32 Å². The fourth-order valence-electron chi connectivity index (χ4n) is 3.92. The molecule has 3 aromatic carbocycles. The minimum absolute atomic E-state index is 0.0159. The first-order valence-electron chi connectivity index (χ1n) is 10.5. The first-order chi connectivity index (χ1) is 14.9. The van der Waals surface area contributed by atoms with Crippen molar-refractivity contribution < 1.29 is 9.59 Å². The molecule has 4 rings (SSSR count). The van der Waals surface area contributed by atoms with Gasteiger partial charge >= 0.3 is 0 Å². The van der Waals surface area contributed by atoms with E-state index in [1.54, 1.807) is 0 Å². The van der Waals surface area contributed by atoms with E-state index < -0.39 is 0 Å². The van der Waals surface area contributed by atoms with Gasteiger partial charge in [-0.3, -0.25) is 9.59 Å². The molecule has 1 N–H and O–H groups in total. The molecule has 1 heterocycles. The molecule has 0 aliphatic carbocycles. The van der Waals surface area contributed by atoms with Crippen LogP contribution in [0, 0.1) is 5.92 Å². The van der Waals surface area contributed by atoms with E-state index in [-0.39, 0.29) is 17.7 Å². The molecule has 0 saturated carbocycles. The van der Waals surface area contributed by atoms with Crippen LogP contribution in [0.25, 0.3) is 11.1 Å². The molecule has 4 nitrogen and oxygen atoms in total. The number of nitrogens with zero attached hydrogens (tertiary/aromatic N) is 1. The summed E-state index contributed by atoms with van der Waals surface area (Å²) in [6.07, 6.45) is 0.729. The van der Waals surface area contributed by atoms with E-state index in [2.05, 4.69) is 5.32 Å². The van der Waals surface area contributed by atoms with Gasteiger partial charge in [0.05, 0.1) is 0 Å². The zero-order valence-corrected chi connectivity index (χ0v) is 18.4. The molecular weight excluding hydrogens is 408 g/mol. The van der Waals surface area contributed by atoms with Crippen molar-refractivity contribution in [2.24, 2.45) is 5.92 Å². The van der Waals surface area contributed by atoms with Gasteiger partial charge in [-0.25, -0.2) is 0 Å². The molecule has 31 heavy (non-hydrogen) atoms. The summed E-state index contributed by atoms with van der Waals surface area (Å²) < 4.78 is 0. The smallest absolute Gasteiger partial charge is 0.254 e. The lowest BCUT2D eigenvalue weighted by Gasteiger charge is -2.31. The molecule has 0 fully saturated rings. The molecule has 2 amide bonds. The van der Waals surface area contributed by atoms with Crippen molar-refractivity contribution >= 4 is 29.1 Å². The first-order valence-corrected chi connectivity index (χ1v) is 10.9. The Morgan fingerprint density at radius 3 is 2.39 bits per heavy atom. The number of fused-ring (bicyclic) bond motifs is 1. The van der Waals surface area contributed by atoms with Gasteiger partial charge in [-0.15, -0.1) is 0 Å². The summed E-state index contributed by atoms with van der Waals surface area (Å²) in [7, 11) is 0. The quantitative estimate of drug-likeness (QED) is 0.566. The highest BCUT2D eigenvalue weighted by Gasteiger charge is 2.25. The molecule has 0 bridgehead atoms. The van der Waals surface area contributed by atoms with E-state index in [0.29, 0.717) is 23.7 Å². The van der Waals surface area contributed by atoms with Crippen molar-refractivity contribution in [2.45, 2.75) is 26.8 Å². The van der Waals surface area contributed by atoms with Crippen LogP contribution in [0.5, 0.6) is 0 Å². The molecule has 1 aliphatic rings. The van der Waals surface area contributed by atoms with Crippen LogP contribution in [-0.2, 0) is 17.8 Å². The standard InChI is InChI=1S/C26H25ClN2O2/c1-17(2)25(30)28-20-14-19-16-29(26(31)18-8-4-3-5-9-18)13-12-21(19)23(15-20)22-10-6-7-11-24(22)27/h3-11,14-15,17H,12-13,16H2,1-2H3,(H,28,30). The van der Waals surface area contributed by atoms with Crippen LogP contribution in [0.15, 0.2) is 66.7 Å². The minimum Gasteiger partial charge on any atom is -0.334 e. The zero-order valence-electron chi connectivity index (χ0n) is 17.7. The number of halogens is 1. The minimum atomic E-state index is -0.129.